The van der Waals surface area contributed by atoms with E-state index in [0.29, 0.717) is 5.13 Å². The van der Waals surface area contributed by atoms with Crippen molar-refractivity contribution in [2.45, 2.75) is 23.9 Å². The first kappa shape index (κ1) is 13.0. The van der Waals surface area contributed by atoms with Gasteiger partial charge in [-0.25, -0.2) is 0 Å². The van der Waals surface area contributed by atoms with Crippen LogP contribution in [0.2, 0.25) is 0 Å². The van der Waals surface area contributed by atoms with Crippen LogP contribution in [-0.4, -0.2) is 16.1 Å². The lowest BCUT2D eigenvalue weighted by molar-refractivity contribution is -0.114. The zero-order valence-corrected chi connectivity index (χ0v) is 11.8. The number of rotatable bonds is 4. The zero-order chi connectivity index (χ0) is 13.0. The molecule has 0 spiro atoms. The minimum atomic E-state index is -0.124. The summed E-state index contributed by atoms with van der Waals surface area (Å²) in [6, 6.07) is 8.41. The van der Waals surface area contributed by atoms with Crippen molar-refractivity contribution in [1.29, 1.82) is 0 Å². The smallest absolute Gasteiger partial charge is 0.223 e. The van der Waals surface area contributed by atoms with E-state index in [1.54, 1.807) is 11.8 Å². The van der Waals surface area contributed by atoms with Crippen LogP contribution in [0.5, 0.6) is 0 Å². The van der Waals surface area contributed by atoms with Crippen molar-refractivity contribution in [2.24, 2.45) is 0 Å². The fourth-order valence-corrected chi connectivity index (χ4v) is 3.05. The Hall–Kier alpha value is -1.40. The third-order valence-corrected chi connectivity index (χ3v) is 4.22. The lowest BCUT2D eigenvalue weighted by atomic mass is 10.2. The molecule has 0 radical (unpaired) electrons. The van der Waals surface area contributed by atoms with Crippen LogP contribution in [0.1, 0.15) is 18.1 Å². The number of carbonyl (C=O) groups is 1. The molecular weight excluding hydrogens is 266 g/mol. The second-order valence-electron chi connectivity index (χ2n) is 3.83. The number of hydrogen-bond acceptors (Lipinski definition) is 5. The Kier molecular flexibility index (Phi) is 4.33. The molecule has 94 valence electrons. The van der Waals surface area contributed by atoms with Crippen molar-refractivity contribution in [3.63, 3.8) is 0 Å². The third-order valence-electron chi connectivity index (χ3n) is 2.17. The van der Waals surface area contributed by atoms with Gasteiger partial charge in [-0.3, -0.25) is 4.79 Å². The summed E-state index contributed by atoms with van der Waals surface area (Å²) in [6.45, 7) is 3.53. The van der Waals surface area contributed by atoms with Gasteiger partial charge < -0.3 is 5.32 Å². The first-order valence-corrected chi connectivity index (χ1v) is 7.23. The molecular formula is C12H13N3OS2. The normalized spacial score (nSPS) is 10.3. The van der Waals surface area contributed by atoms with Crippen LogP contribution in [-0.2, 0) is 10.5 Å². The van der Waals surface area contributed by atoms with Crippen LogP contribution in [0.25, 0.3) is 0 Å². The summed E-state index contributed by atoms with van der Waals surface area (Å²) in [5.41, 5.74) is 2.51. The van der Waals surface area contributed by atoms with Crippen LogP contribution in [0.15, 0.2) is 28.6 Å². The van der Waals surface area contributed by atoms with Gasteiger partial charge in [-0.2, -0.15) is 0 Å². The molecule has 1 N–H and O–H groups in total. The molecule has 0 bridgehead atoms. The first-order valence-electron chi connectivity index (χ1n) is 5.43. The molecule has 1 heterocycles. The number of thioether (sulfide) groups is 1. The highest BCUT2D eigenvalue weighted by atomic mass is 32.2. The van der Waals surface area contributed by atoms with Crippen molar-refractivity contribution in [3.8, 4) is 0 Å². The molecule has 2 aromatic rings. The summed E-state index contributed by atoms with van der Waals surface area (Å²) in [6.07, 6.45) is 0. The van der Waals surface area contributed by atoms with E-state index in [4.69, 9.17) is 0 Å². The lowest BCUT2D eigenvalue weighted by Gasteiger charge is -1.98. The molecule has 1 aromatic carbocycles. The van der Waals surface area contributed by atoms with Gasteiger partial charge in [0, 0.05) is 12.7 Å². The van der Waals surface area contributed by atoms with Gasteiger partial charge in [0.25, 0.3) is 0 Å². The van der Waals surface area contributed by atoms with E-state index in [1.165, 1.54) is 29.4 Å². The fourth-order valence-electron chi connectivity index (χ4n) is 1.30. The standard InChI is InChI=1S/C12H13N3OS2/c1-8-3-5-10(6-4-8)7-17-12-15-14-11(18-12)13-9(2)16/h3-6H,7H2,1-2H3,(H,13,14,16). The predicted molar refractivity (Wildman–Crippen MR) is 75.0 cm³/mol. The Morgan fingerprint density at radius 2 is 2.06 bits per heavy atom. The molecule has 1 amide bonds. The summed E-state index contributed by atoms with van der Waals surface area (Å²) >= 11 is 3.01. The van der Waals surface area contributed by atoms with E-state index < -0.39 is 0 Å². The second kappa shape index (κ2) is 5.97. The Balaban J connectivity index is 1.92. The number of anilines is 1. The highest BCUT2D eigenvalue weighted by molar-refractivity contribution is 8.00. The maximum atomic E-state index is 10.9. The summed E-state index contributed by atoms with van der Waals surface area (Å²) < 4.78 is 0.860. The fraction of sp³-hybridized carbons (Fsp3) is 0.250. The summed E-state index contributed by atoms with van der Waals surface area (Å²) in [4.78, 5) is 10.9. The molecule has 0 saturated carbocycles. The van der Waals surface area contributed by atoms with Crippen LogP contribution < -0.4 is 5.32 Å². The van der Waals surface area contributed by atoms with E-state index in [-0.39, 0.29) is 5.91 Å². The molecule has 1 aromatic heterocycles. The van der Waals surface area contributed by atoms with Gasteiger partial charge in [-0.1, -0.05) is 52.9 Å². The van der Waals surface area contributed by atoms with Crippen LogP contribution in [0, 0.1) is 6.92 Å². The monoisotopic (exact) mass is 279 g/mol. The molecule has 0 atom stereocenters. The Labute approximate surface area is 114 Å². The Bertz CT molecular complexity index is 537. The maximum Gasteiger partial charge on any atom is 0.223 e. The summed E-state index contributed by atoms with van der Waals surface area (Å²) in [5.74, 6) is 0.732. The number of carbonyl (C=O) groups excluding carboxylic acids is 1. The Morgan fingerprint density at radius 3 is 2.72 bits per heavy atom. The minimum absolute atomic E-state index is 0.124. The average molecular weight is 279 g/mol. The van der Waals surface area contributed by atoms with Crippen molar-refractivity contribution in [1.82, 2.24) is 10.2 Å². The first-order chi connectivity index (χ1) is 8.63. The summed E-state index contributed by atoms with van der Waals surface area (Å²) in [7, 11) is 0. The quantitative estimate of drug-likeness (QED) is 0.690. The van der Waals surface area contributed by atoms with Crippen LogP contribution in [0.3, 0.4) is 0 Å². The highest BCUT2D eigenvalue weighted by Crippen LogP contribution is 2.28. The average Bonchev–Trinajstić information content (AvgIpc) is 2.75. The molecule has 0 aliphatic rings. The largest absolute Gasteiger partial charge is 0.301 e. The molecule has 0 aliphatic carbocycles. The topological polar surface area (TPSA) is 54.9 Å². The zero-order valence-electron chi connectivity index (χ0n) is 10.1. The lowest BCUT2D eigenvalue weighted by Crippen LogP contribution is -2.04. The van der Waals surface area contributed by atoms with Gasteiger partial charge in [0.05, 0.1) is 0 Å². The summed E-state index contributed by atoms with van der Waals surface area (Å²) in [5, 5.41) is 11.1. The van der Waals surface area contributed by atoms with E-state index in [0.717, 1.165) is 10.1 Å². The van der Waals surface area contributed by atoms with Gasteiger partial charge in [0.15, 0.2) is 4.34 Å². The second-order valence-corrected chi connectivity index (χ2v) is 6.03. The Morgan fingerprint density at radius 1 is 1.33 bits per heavy atom. The molecule has 0 saturated heterocycles. The molecule has 6 heteroatoms. The van der Waals surface area contributed by atoms with Gasteiger partial charge >= 0.3 is 0 Å². The van der Waals surface area contributed by atoms with Crippen molar-refractivity contribution in [3.05, 3.63) is 35.4 Å². The van der Waals surface area contributed by atoms with E-state index in [9.17, 15) is 4.79 Å². The molecule has 4 nitrogen and oxygen atoms in total. The SMILES string of the molecule is CC(=O)Nc1nnc(SCc2ccc(C)cc2)s1. The predicted octanol–water partition coefficient (Wildman–Crippen LogP) is 3.10. The molecule has 0 fully saturated rings. The highest BCUT2D eigenvalue weighted by Gasteiger charge is 2.06. The number of nitrogens with one attached hydrogen (secondary N) is 1. The third kappa shape index (κ3) is 3.82. The van der Waals surface area contributed by atoms with Crippen molar-refractivity contribution >= 4 is 34.1 Å². The van der Waals surface area contributed by atoms with E-state index in [1.807, 2.05) is 0 Å². The number of amides is 1. The van der Waals surface area contributed by atoms with Gasteiger partial charge in [-0.05, 0) is 12.5 Å². The van der Waals surface area contributed by atoms with E-state index >= 15 is 0 Å². The van der Waals surface area contributed by atoms with Gasteiger partial charge in [0.1, 0.15) is 0 Å². The van der Waals surface area contributed by atoms with Crippen molar-refractivity contribution < 1.29 is 4.79 Å². The van der Waals surface area contributed by atoms with Crippen molar-refractivity contribution in [2.75, 3.05) is 5.32 Å². The number of aryl methyl sites for hydroxylation is 1. The van der Waals surface area contributed by atoms with Gasteiger partial charge in [-0.15, -0.1) is 10.2 Å². The maximum absolute atomic E-state index is 10.9. The van der Waals surface area contributed by atoms with Crippen LogP contribution in [0.4, 0.5) is 5.13 Å². The number of aromatic nitrogens is 2. The van der Waals surface area contributed by atoms with E-state index in [2.05, 4.69) is 46.7 Å². The molecule has 0 aliphatic heterocycles. The minimum Gasteiger partial charge on any atom is -0.301 e. The molecule has 0 unspecified atom stereocenters. The number of hydrogen-bond donors (Lipinski definition) is 1. The number of nitrogens with zero attached hydrogens (tertiary/aromatic N) is 2. The van der Waals surface area contributed by atoms with Crippen LogP contribution >= 0.6 is 23.1 Å². The molecule has 2 rings (SSSR count). The molecule has 18 heavy (non-hydrogen) atoms. The number of benzene rings is 1. The van der Waals surface area contributed by atoms with Gasteiger partial charge in [0.2, 0.25) is 11.0 Å².